The molecule has 250 valence electrons. The lowest BCUT2D eigenvalue weighted by Gasteiger charge is -2.12. The number of fused-ring (bicyclic) bond motifs is 12. The Hall–Kier alpha value is -7.04. The molecule has 0 aliphatic heterocycles. The average molecular weight is 680 g/mol. The Bertz CT molecular complexity index is 3300. The number of rotatable bonds is 5. The van der Waals surface area contributed by atoms with Crippen LogP contribution in [0.4, 0.5) is 0 Å². The van der Waals surface area contributed by atoms with E-state index in [1.54, 1.807) is 0 Å². The van der Waals surface area contributed by atoms with Crippen molar-refractivity contribution in [3.05, 3.63) is 182 Å². The molecule has 0 spiro atoms. The van der Waals surface area contributed by atoms with Crippen molar-refractivity contribution in [1.29, 1.82) is 0 Å². The fourth-order valence-electron chi connectivity index (χ4n) is 8.87. The van der Waals surface area contributed by atoms with Crippen LogP contribution in [0.1, 0.15) is 11.3 Å². The van der Waals surface area contributed by atoms with Gasteiger partial charge in [0.05, 0.1) is 38.7 Å². The summed E-state index contributed by atoms with van der Waals surface area (Å²) in [7, 11) is 0. The topological polar surface area (TPSA) is 27.9 Å². The number of aromatic nitrogens is 3. The summed E-state index contributed by atoms with van der Waals surface area (Å²) in [5.41, 5.74) is 13.4. The third-order valence-electron chi connectivity index (χ3n) is 11.0. The summed E-state index contributed by atoms with van der Waals surface area (Å²) in [5, 5.41) is 8.36. The molecular weight excluding hydrogens is 647 g/mol. The van der Waals surface area contributed by atoms with Crippen LogP contribution in [0.2, 0.25) is 0 Å². The van der Waals surface area contributed by atoms with E-state index in [1.807, 2.05) is 24.3 Å². The zero-order valence-corrected chi connectivity index (χ0v) is 29.1. The summed E-state index contributed by atoms with van der Waals surface area (Å²) in [6.07, 6.45) is 6.08. The van der Waals surface area contributed by atoms with Crippen molar-refractivity contribution >= 4 is 82.5 Å². The number of hydrogen-bond acceptors (Lipinski definition) is 1. The van der Waals surface area contributed by atoms with Gasteiger partial charge in [-0.25, -0.2) is 0 Å². The molecule has 0 saturated carbocycles. The van der Waals surface area contributed by atoms with Gasteiger partial charge >= 0.3 is 0 Å². The molecule has 0 fully saturated rings. The predicted molar refractivity (Wildman–Crippen MR) is 223 cm³/mol. The molecule has 4 aromatic heterocycles. The second kappa shape index (κ2) is 11.2. The highest BCUT2D eigenvalue weighted by molar-refractivity contribution is 6.29. The SMILES string of the molecule is C=C/C=C\c1c(C)c2c(ccc3c4ccc5c(c6ccccc6n5-c5ccccc5)c4n(-c4ccccc4)c32)n1-c1cccc2oc3ccccc3c12. The fourth-order valence-corrected chi connectivity index (χ4v) is 8.87. The molecule has 0 amide bonds. The summed E-state index contributed by atoms with van der Waals surface area (Å²) < 4.78 is 13.7. The van der Waals surface area contributed by atoms with Gasteiger partial charge in [0.15, 0.2) is 0 Å². The van der Waals surface area contributed by atoms with Crippen molar-refractivity contribution in [2.75, 3.05) is 0 Å². The number of furan rings is 1. The molecule has 7 aromatic carbocycles. The van der Waals surface area contributed by atoms with Gasteiger partial charge in [-0.05, 0) is 79.2 Å². The number of aryl methyl sites for hydroxylation is 1. The lowest BCUT2D eigenvalue weighted by Crippen LogP contribution is -1.98. The zero-order chi connectivity index (χ0) is 35.2. The normalized spacial score (nSPS) is 12.2. The van der Waals surface area contributed by atoms with Gasteiger partial charge < -0.3 is 18.1 Å². The maximum absolute atomic E-state index is 6.40. The van der Waals surface area contributed by atoms with Gasteiger partial charge in [0.1, 0.15) is 11.2 Å². The van der Waals surface area contributed by atoms with Crippen molar-refractivity contribution in [3.8, 4) is 17.1 Å². The number of allylic oxidation sites excluding steroid dienone is 2. The van der Waals surface area contributed by atoms with Gasteiger partial charge in [-0.2, -0.15) is 0 Å². The third kappa shape index (κ3) is 4.06. The van der Waals surface area contributed by atoms with E-state index in [0.717, 1.165) is 50.2 Å². The summed E-state index contributed by atoms with van der Waals surface area (Å²) in [6.45, 7) is 6.30. The Kier molecular flexibility index (Phi) is 6.29. The molecule has 4 heterocycles. The molecule has 11 aromatic rings. The van der Waals surface area contributed by atoms with Crippen LogP contribution in [-0.4, -0.2) is 13.7 Å². The average Bonchev–Trinajstić information content (AvgIpc) is 3.93. The molecule has 0 saturated heterocycles. The van der Waals surface area contributed by atoms with Crippen molar-refractivity contribution in [2.24, 2.45) is 0 Å². The lowest BCUT2D eigenvalue weighted by molar-refractivity contribution is 0.669. The smallest absolute Gasteiger partial charge is 0.137 e. The van der Waals surface area contributed by atoms with Crippen molar-refractivity contribution < 1.29 is 4.42 Å². The molecule has 0 radical (unpaired) electrons. The largest absolute Gasteiger partial charge is 0.456 e. The van der Waals surface area contributed by atoms with Gasteiger partial charge in [-0.15, -0.1) is 0 Å². The minimum Gasteiger partial charge on any atom is -0.456 e. The van der Waals surface area contributed by atoms with E-state index in [0.29, 0.717) is 0 Å². The number of nitrogens with zero attached hydrogens (tertiary/aromatic N) is 3. The Labute approximate surface area is 305 Å². The van der Waals surface area contributed by atoms with E-state index >= 15 is 0 Å². The van der Waals surface area contributed by atoms with Crippen LogP contribution in [-0.2, 0) is 0 Å². The van der Waals surface area contributed by atoms with Crippen molar-refractivity contribution in [2.45, 2.75) is 6.92 Å². The van der Waals surface area contributed by atoms with Crippen LogP contribution in [0, 0.1) is 6.92 Å². The van der Waals surface area contributed by atoms with Gasteiger partial charge in [-0.1, -0.05) is 110 Å². The monoisotopic (exact) mass is 679 g/mol. The first-order chi connectivity index (χ1) is 26.2. The maximum atomic E-state index is 6.40. The molecule has 4 nitrogen and oxygen atoms in total. The molecule has 0 N–H and O–H groups in total. The van der Waals surface area contributed by atoms with E-state index in [-0.39, 0.29) is 0 Å². The van der Waals surface area contributed by atoms with Gasteiger partial charge in [-0.3, -0.25) is 0 Å². The van der Waals surface area contributed by atoms with Crippen LogP contribution in [0.3, 0.4) is 0 Å². The Morgan fingerprint density at radius 2 is 1.08 bits per heavy atom. The van der Waals surface area contributed by atoms with E-state index in [9.17, 15) is 0 Å². The Morgan fingerprint density at radius 3 is 1.81 bits per heavy atom. The second-order valence-electron chi connectivity index (χ2n) is 13.8. The van der Waals surface area contributed by atoms with Gasteiger partial charge in [0.25, 0.3) is 0 Å². The minimum absolute atomic E-state index is 0.874. The number of para-hydroxylation sites is 4. The summed E-state index contributed by atoms with van der Waals surface area (Å²) in [6, 6.07) is 54.3. The molecule has 0 aliphatic carbocycles. The Balaban J connectivity index is 1.36. The van der Waals surface area contributed by atoms with Crippen LogP contribution in [0.5, 0.6) is 0 Å². The quantitative estimate of drug-likeness (QED) is 0.166. The Morgan fingerprint density at radius 1 is 0.472 bits per heavy atom. The third-order valence-corrected chi connectivity index (χ3v) is 11.0. The summed E-state index contributed by atoms with van der Waals surface area (Å²) in [5.74, 6) is 0. The van der Waals surface area contributed by atoms with Crippen LogP contribution in [0.25, 0.3) is 99.6 Å². The molecule has 0 unspecified atom stereocenters. The highest BCUT2D eigenvalue weighted by Crippen LogP contribution is 2.46. The van der Waals surface area contributed by atoms with Crippen molar-refractivity contribution in [1.82, 2.24) is 13.7 Å². The molecule has 0 bridgehead atoms. The summed E-state index contributed by atoms with van der Waals surface area (Å²) in [4.78, 5) is 0. The molecule has 11 rings (SSSR count). The maximum Gasteiger partial charge on any atom is 0.137 e. The van der Waals surface area contributed by atoms with E-state index < -0.39 is 0 Å². The van der Waals surface area contributed by atoms with E-state index in [1.165, 1.54) is 54.6 Å². The first-order valence-corrected chi connectivity index (χ1v) is 18.1. The lowest BCUT2D eigenvalue weighted by atomic mass is 10.1. The highest BCUT2D eigenvalue weighted by atomic mass is 16.3. The molecule has 0 aliphatic rings. The highest BCUT2D eigenvalue weighted by Gasteiger charge is 2.26. The second-order valence-corrected chi connectivity index (χ2v) is 13.8. The minimum atomic E-state index is 0.874. The number of benzene rings is 7. The van der Waals surface area contributed by atoms with Gasteiger partial charge in [0.2, 0.25) is 0 Å². The van der Waals surface area contributed by atoms with Gasteiger partial charge in [0, 0.05) is 49.4 Å². The predicted octanol–water partition coefficient (Wildman–Crippen LogP) is 13.2. The summed E-state index contributed by atoms with van der Waals surface area (Å²) >= 11 is 0. The standard InChI is InChI=1S/C49H33N3O/c1-3-4-22-38-31(2)45-41(52(38)40-24-15-26-44-46(40)37-21-12-14-25-43(37)53-44)29-27-34-35-28-30-42-47(49(35)51(48(34)45)33-18-9-6-10-19-33)36-20-11-13-23-39(36)50(42)32-16-7-5-8-17-32/h3-30H,1H2,2H3/b22-4-. The molecular formula is C49H33N3O. The zero-order valence-electron chi connectivity index (χ0n) is 29.1. The first kappa shape index (κ1) is 29.7. The van der Waals surface area contributed by atoms with Crippen LogP contribution in [0.15, 0.2) is 175 Å². The van der Waals surface area contributed by atoms with Crippen molar-refractivity contribution in [3.63, 3.8) is 0 Å². The van der Waals surface area contributed by atoms with Crippen LogP contribution >= 0.6 is 0 Å². The number of hydrogen-bond donors (Lipinski definition) is 0. The molecule has 0 atom stereocenters. The molecule has 53 heavy (non-hydrogen) atoms. The van der Waals surface area contributed by atoms with E-state index in [2.05, 4.69) is 173 Å². The van der Waals surface area contributed by atoms with E-state index in [4.69, 9.17) is 4.42 Å². The molecule has 4 heteroatoms. The first-order valence-electron chi connectivity index (χ1n) is 18.1. The van der Waals surface area contributed by atoms with Crippen LogP contribution < -0.4 is 0 Å². The fraction of sp³-hybridized carbons (Fsp3) is 0.0204.